The number of nitrogens with one attached hydrogen (secondary N) is 1. The van der Waals surface area contributed by atoms with E-state index in [9.17, 15) is 0 Å². The van der Waals surface area contributed by atoms with Gasteiger partial charge in [-0.15, -0.1) is 0 Å². The van der Waals surface area contributed by atoms with E-state index in [0.29, 0.717) is 12.1 Å². The maximum atomic E-state index is 5.74. The van der Waals surface area contributed by atoms with Crippen LogP contribution in [0.2, 0.25) is 0 Å². The Labute approximate surface area is 113 Å². The number of hydrogen-bond donors (Lipinski definition) is 1. The fourth-order valence-corrected chi connectivity index (χ4v) is 2.56. The summed E-state index contributed by atoms with van der Waals surface area (Å²) in [7, 11) is 4.35. The molecule has 1 rings (SSSR count). The van der Waals surface area contributed by atoms with Crippen LogP contribution in [0.4, 0.5) is 0 Å². The Morgan fingerprint density at radius 2 is 2.11 bits per heavy atom. The molecule has 3 heteroatoms. The Morgan fingerprint density at radius 3 is 2.61 bits per heavy atom. The van der Waals surface area contributed by atoms with E-state index in [0.717, 1.165) is 13.2 Å². The first-order chi connectivity index (χ1) is 8.48. The molecular weight excluding hydrogens is 224 g/mol. The summed E-state index contributed by atoms with van der Waals surface area (Å²) in [5, 5.41) is 3.72. The van der Waals surface area contributed by atoms with Gasteiger partial charge in [0.15, 0.2) is 0 Å². The lowest BCUT2D eigenvalue weighted by Crippen LogP contribution is -2.55. The van der Waals surface area contributed by atoms with E-state index >= 15 is 0 Å². The maximum Gasteiger partial charge on any atom is 0.0576 e. The first-order valence-corrected chi connectivity index (χ1v) is 7.51. The topological polar surface area (TPSA) is 24.5 Å². The molecule has 1 fully saturated rings. The Hall–Kier alpha value is -0.120. The average Bonchev–Trinajstić information content (AvgIpc) is 2.81. The second kappa shape index (κ2) is 7.46. The SMILES string of the molecule is CCCNC(CCC1CCCO1)C(C)(C)N(C)C. The van der Waals surface area contributed by atoms with Crippen molar-refractivity contribution in [3.63, 3.8) is 0 Å². The van der Waals surface area contributed by atoms with Gasteiger partial charge in [-0.05, 0) is 66.6 Å². The van der Waals surface area contributed by atoms with Gasteiger partial charge in [0.05, 0.1) is 6.10 Å². The van der Waals surface area contributed by atoms with Crippen molar-refractivity contribution < 1.29 is 4.74 Å². The molecule has 1 aliphatic heterocycles. The second-order valence-corrected chi connectivity index (χ2v) is 6.27. The van der Waals surface area contributed by atoms with Crippen molar-refractivity contribution in [1.82, 2.24) is 10.2 Å². The number of nitrogens with zero attached hydrogens (tertiary/aromatic N) is 1. The highest BCUT2D eigenvalue weighted by atomic mass is 16.5. The van der Waals surface area contributed by atoms with Crippen LogP contribution >= 0.6 is 0 Å². The molecule has 2 unspecified atom stereocenters. The van der Waals surface area contributed by atoms with Crippen LogP contribution < -0.4 is 5.32 Å². The van der Waals surface area contributed by atoms with Crippen molar-refractivity contribution in [3.05, 3.63) is 0 Å². The molecule has 0 aromatic heterocycles. The predicted octanol–water partition coefficient (Wildman–Crippen LogP) is 2.65. The summed E-state index contributed by atoms with van der Waals surface area (Å²) in [6.45, 7) is 8.96. The fraction of sp³-hybridized carbons (Fsp3) is 1.00. The Bertz CT molecular complexity index is 223. The van der Waals surface area contributed by atoms with Crippen LogP contribution in [0.5, 0.6) is 0 Å². The first kappa shape index (κ1) is 15.9. The third-order valence-corrected chi connectivity index (χ3v) is 4.45. The zero-order chi connectivity index (χ0) is 13.6. The van der Waals surface area contributed by atoms with Gasteiger partial charge in [-0.3, -0.25) is 0 Å². The molecule has 0 aromatic carbocycles. The molecule has 1 heterocycles. The molecule has 0 spiro atoms. The molecule has 0 saturated carbocycles. The van der Waals surface area contributed by atoms with Crippen LogP contribution in [0.1, 0.15) is 52.9 Å². The molecule has 0 aliphatic carbocycles. The Morgan fingerprint density at radius 1 is 1.39 bits per heavy atom. The standard InChI is InChI=1S/C15H32N2O/c1-6-11-16-14(15(2,3)17(4)5)10-9-13-8-7-12-18-13/h13-14,16H,6-12H2,1-5H3. The van der Waals surface area contributed by atoms with Gasteiger partial charge in [0.25, 0.3) is 0 Å². The highest BCUT2D eigenvalue weighted by Gasteiger charge is 2.31. The zero-order valence-corrected chi connectivity index (χ0v) is 13.0. The molecule has 18 heavy (non-hydrogen) atoms. The molecular formula is C15H32N2O. The van der Waals surface area contributed by atoms with Gasteiger partial charge >= 0.3 is 0 Å². The molecule has 2 atom stereocenters. The largest absolute Gasteiger partial charge is 0.378 e. The Balaban J connectivity index is 2.48. The summed E-state index contributed by atoms with van der Waals surface area (Å²) >= 11 is 0. The number of ether oxygens (including phenoxy) is 1. The highest BCUT2D eigenvalue weighted by Crippen LogP contribution is 2.24. The lowest BCUT2D eigenvalue weighted by Gasteiger charge is -2.41. The van der Waals surface area contributed by atoms with Crippen molar-refractivity contribution in [2.75, 3.05) is 27.2 Å². The van der Waals surface area contributed by atoms with Gasteiger partial charge in [0, 0.05) is 18.2 Å². The summed E-state index contributed by atoms with van der Waals surface area (Å²) in [5.41, 5.74) is 0.188. The highest BCUT2D eigenvalue weighted by molar-refractivity contribution is 4.91. The summed E-state index contributed by atoms with van der Waals surface area (Å²) in [4.78, 5) is 2.33. The van der Waals surface area contributed by atoms with Crippen LogP contribution in [0, 0.1) is 0 Å². The monoisotopic (exact) mass is 256 g/mol. The van der Waals surface area contributed by atoms with E-state index in [1.54, 1.807) is 0 Å². The summed E-state index contributed by atoms with van der Waals surface area (Å²) in [6.07, 6.45) is 6.60. The van der Waals surface area contributed by atoms with Crippen LogP contribution in [0.25, 0.3) is 0 Å². The minimum absolute atomic E-state index is 0.188. The van der Waals surface area contributed by atoms with E-state index in [-0.39, 0.29) is 5.54 Å². The minimum atomic E-state index is 0.188. The van der Waals surface area contributed by atoms with Crippen LogP contribution in [0.3, 0.4) is 0 Å². The van der Waals surface area contributed by atoms with Crippen molar-refractivity contribution in [2.45, 2.75) is 70.6 Å². The molecule has 108 valence electrons. The molecule has 0 radical (unpaired) electrons. The van der Waals surface area contributed by atoms with E-state index < -0.39 is 0 Å². The summed E-state index contributed by atoms with van der Waals surface area (Å²) in [6, 6.07) is 0.539. The molecule has 0 amide bonds. The van der Waals surface area contributed by atoms with E-state index in [1.165, 1.54) is 32.1 Å². The van der Waals surface area contributed by atoms with Gasteiger partial charge in [0.1, 0.15) is 0 Å². The first-order valence-electron chi connectivity index (χ1n) is 7.51. The summed E-state index contributed by atoms with van der Waals surface area (Å²) < 4.78 is 5.74. The minimum Gasteiger partial charge on any atom is -0.378 e. The normalized spacial score (nSPS) is 22.7. The van der Waals surface area contributed by atoms with Gasteiger partial charge < -0.3 is 15.0 Å². The lowest BCUT2D eigenvalue weighted by atomic mass is 9.88. The number of likely N-dealkylation sites (N-methyl/N-ethyl adjacent to an activating group) is 1. The van der Waals surface area contributed by atoms with E-state index in [1.807, 2.05) is 0 Å². The van der Waals surface area contributed by atoms with Crippen molar-refractivity contribution >= 4 is 0 Å². The van der Waals surface area contributed by atoms with Gasteiger partial charge in [-0.1, -0.05) is 6.92 Å². The smallest absolute Gasteiger partial charge is 0.0576 e. The lowest BCUT2D eigenvalue weighted by molar-refractivity contribution is 0.0826. The van der Waals surface area contributed by atoms with Crippen LogP contribution in [-0.2, 0) is 4.74 Å². The van der Waals surface area contributed by atoms with E-state index in [2.05, 4.69) is 45.1 Å². The van der Waals surface area contributed by atoms with Crippen molar-refractivity contribution in [3.8, 4) is 0 Å². The van der Waals surface area contributed by atoms with Gasteiger partial charge in [-0.25, -0.2) is 0 Å². The van der Waals surface area contributed by atoms with Gasteiger partial charge in [0.2, 0.25) is 0 Å². The quantitative estimate of drug-likeness (QED) is 0.722. The molecule has 1 aliphatic rings. The van der Waals surface area contributed by atoms with Gasteiger partial charge in [-0.2, -0.15) is 0 Å². The average molecular weight is 256 g/mol. The predicted molar refractivity (Wildman–Crippen MR) is 78.1 cm³/mol. The van der Waals surface area contributed by atoms with Crippen molar-refractivity contribution in [2.24, 2.45) is 0 Å². The molecule has 0 aromatic rings. The second-order valence-electron chi connectivity index (χ2n) is 6.27. The molecule has 1 N–H and O–H groups in total. The zero-order valence-electron chi connectivity index (χ0n) is 13.0. The molecule has 0 bridgehead atoms. The van der Waals surface area contributed by atoms with Crippen molar-refractivity contribution in [1.29, 1.82) is 0 Å². The van der Waals surface area contributed by atoms with E-state index in [4.69, 9.17) is 4.74 Å². The third-order valence-electron chi connectivity index (χ3n) is 4.45. The summed E-state index contributed by atoms with van der Waals surface area (Å²) in [5.74, 6) is 0. The maximum absolute atomic E-state index is 5.74. The van der Waals surface area contributed by atoms with Crippen LogP contribution in [0.15, 0.2) is 0 Å². The third kappa shape index (κ3) is 4.52. The Kier molecular flexibility index (Phi) is 6.61. The molecule has 3 nitrogen and oxygen atoms in total. The molecule has 1 saturated heterocycles. The number of rotatable bonds is 8. The fourth-order valence-electron chi connectivity index (χ4n) is 2.56. The van der Waals surface area contributed by atoms with Crippen LogP contribution in [-0.4, -0.2) is 49.8 Å². The number of hydrogen-bond acceptors (Lipinski definition) is 3.